The molecule has 4 heterocycles. The largest absolute Gasteiger partial charge is 0.451 e. The zero-order chi connectivity index (χ0) is 24.1. The van der Waals surface area contributed by atoms with Crippen LogP contribution >= 0.6 is 0 Å². The van der Waals surface area contributed by atoms with E-state index >= 15 is 0 Å². The lowest BCUT2D eigenvalue weighted by Crippen LogP contribution is -2.15. The van der Waals surface area contributed by atoms with Crippen LogP contribution in [0.4, 0.5) is 11.6 Å². The normalized spacial score (nSPS) is 16.9. The van der Waals surface area contributed by atoms with Crippen LogP contribution in [0.15, 0.2) is 48.8 Å². The lowest BCUT2D eigenvalue weighted by Gasteiger charge is -2.17. The van der Waals surface area contributed by atoms with Crippen molar-refractivity contribution in [2.24, 2.45) is 0 Å². The van der Waals surface area contributed by atoms with Crippen LogP contribution in [0.25, 0.3) is 0 Å². The van der Waals surface area contributed by atoms with Crippen LogP contribution in [-0.2, 0) is 33.8 Å². The van der Waals surface area contributed by atoms with E-state index in [0.717, 1.165) is 22.3 Å². The molecule has 0 spiro atoms. The van der Waals surface area contributed by atoms with Crippen LogP contribution in [-0.4, -0.2) is 21.9 Å². The number of benzene rings is 1. The summed E-state index contributed by atoms with van der Waals surface area (Å²) in [6.07, 6.45) is 3.37. The van der Waals surface area contributed by atoms with Gasteiger partial charge in [-0.15, -0.1) is 0 Å². The molecule has 5 rings (SSSR count). The zero-order valence-electron chi connectivity index (χ0n) is 19.6. The average Bonchev–Trinajstić information content (AvgIpc) is 3.19. The van der Waals surface area contributed by atoms with Gasteiger partial charge in [0.15, 0.2) is 0 Å². The number of rotatable bonds is 6. The van der Waals surface area contributed by atoms with Crippen molar-refractivity contribution in [2.75, 3.05) is 10.6 Å². The molecule has 0 amide bonds. The number of carbonyl (C=O) groups is 2. The van der Waals surface area contributed by atoms with Crippen LogP contribution < -0.4 is 10.6 Å². The first kappa shape index (κ1) is 21.9. The fraction of sp³-hybridized carbons (Fsp3) is 0.308. The maximum Gasteiger partial charge on any atom is 0.343 e. The SMILES string of the molecule is CC1(C)OC(=O)c2c1ccnc2NCc1cccc(CNc2nccc3c2C(=O)OC3(C)C)c1. The molecule has 3 aromatic rings. The van der Waals surface area contributed by atoms with Gasteiger partial charge in [0.05, 0.1) is 0 Å². The highest BCUT2D eigenvalue weighted by molar-refractivity contribution is 6.00. The van der Waals surface area contributed by atoms with Gasteiger partial charge in [-0.3, -0.25) is 0 Å². The van der Waals surface area contributed by atoms with Gasteiger partial charge in [0.2, 0.25) is 0 Å². The highest BCUT2D eigenvalue weighted by atomic mass is 16.6. The molecular formula is C26H26N4O4. The second-order valence-corrected chi connectivity index (χ2v) is 9.49. The monoisotopic (exact) mass is 458 g/mol. The van der Waals surface area contributed by atoms with Gasteiger partial charge in [0.25, 0.3) is 0 Å². The van der Waals surface area contributed by atoms with Gasteiger partial charge >= 0.3 is 11.9 Å². The van der Waals surface area contributed by atoms with E-state index in [-0.39, 0.29) is 11.9 Å². The molecule has 0 aliphatic carbocycles. The van der Waals surface area contributed by atoms with E-state index in [1.165, 1.54) is 0 Å². The van der Waals surface area contributed by atoms with Crippen LogP contribution in [0.2, 0.25) is 0 Å². The minimum Gasteiger partial charge on any atom is -0.451 e. The van der Waals surface area contributed by atoms with E-state index in [9.17, 15) is 9.59 Å². The maximum absolute atomic E-state index is 12.4. The highest BCUT2D eigenvalue weighted by Gasteiger charge is 2.41. The maximum atomic E-state index is 12.4. The predicted octanol–water partition coefficient (Wildman–Crippen LogP) is 4.51. The average molecular weight is 459 g/mol. The van der Waals surface area contributed by atoms with Crippen molar-refractivity contribution in [3.8, 4) is 0 Å². The van der Waals surface area contributed by atoms with Gasteiger partial charge in [0, 0.05) is 36.6 Å². The lowest BCUT2D eigenvalue weighted by atomic mass is 9.97. The fourth-order valence-electron chi connectivity index (χ4n) is 4.50. The quantitative estimate of drug-likeness (QED) is 0.520. The Morgan fingerprint density at radius 2 is 1.18 bits per heavy atom. The molecule has 34 heavy (non-hydrogen) atoms. The number of hydrogen-bond donors (Lipinski definition) is 2. The molecule has 0 radical (unpaired) electrons. The first-order valence-corrected chi connectivity index (χ1v) is 11.2. The molecular weight excluding hydrogens is 432 g/mol. The first-order valence-electron chi connectivity index (χ1n) is 11.2. The summed E-state index contributed by atoms with van der Waals surface area (Å²) in [4.78, 5) is 33.5. The van der Waals surface area contributed by atoms with Crippen molar-refractivity contribution < 1.29 is 19.1 Å². The molecule has 0 bridgehead atoms. The number of esters is 2. The lowest BCUT2D eigenvalue weighted by molar-refractivity contribution is 0.00845. The number of nitrogens with one attached hydrogen (secondary N) is 2. The molecule has 1 aromatic carbocycles. The van der Waals surface area contributed by atoms with Gasteiger partial charge in [-0.05, 0) is 51.0 Å². The van der Waals surface area contributed by atoms with Crippen molar-refractivity contribution in [3.63, 3.8) is 0 Å². The number of pyridine rings is 2. The Kier molecular flexibility index (Phi) is 5.04. The Morgan fingerprint density at radius 1 is 0.735 bits per heavy atom. The smallest absolute Gasteiger partial charge is 0.343 e. The summed E-state index contributed by atoms with van der Waals surface area (Å²) in [7, 11) is 0. The number of fused-ring (bicyclic) bond motifs is 2. The van der Waals surface area contributed by atoms with Gasteiger partial charge in [-0.1, -0.05) is 24.3 Å². The van der Waals surface area contributed by atoms with Crippen molar-refractivity contribution in [1.29, 1.82) is 0 Å². The standard InChI is InChI=1S/C26H26N4O4/c1-25(2)17-8-10-27-21(19(17)23(31)33-25)29-13-15-6-5-7-16(12-15)14-30-22-20-18(9-11-28-22)26(3,4)34-24(20)32/h5-12H,13-14H2,1-4H3,(H,27,29)(H,28,30). The summed E-state index contributed by atoms with van der Waals surface area (Å²) < 4.78 is 11.0. The van der Waals surface area contributed by atoms with E-state index in [0.29, 0.717) is 35.9 Å². The zero-order valence-corrected chi connectivity index (χ0v) is 19.6. The molecule has 2 aliphatic heterocycles. The third-order valence-corrected chi connectivity index (χ3v) is 6.21. The Labute approximate surface area is 197 Å². The Bertz CT molecular complexity index is 1220. The summed E-state index contributed by atoms with van der Waals surface area (Å²) in [6.45, 7) is 8.46. The van der Waals surface area contributed by atoms with E-state index in [4.69, 9.17) is 9.47 Å². The summed E-state index contributed by atoms with van der Waals surface area (Å²) in [5.41, 5.74) is 3.37. The summed E-state index contributed by atoms with van der Waals surface area (Å²) in [6, 6.07) is 11.7. The minimum atomic E-state index is -0.662. The second kappa shape index (κ2) is 7.83. The molecule has 0 saturated carbocycles. The molecule has 2 aliphatic rings. The predicted molar refractivity (Wildman–Crippen MR) is 126 cm³/mol. The number of hydrogen-bond acceptors (Lipinski definition) is 8. The summed E-state index contributed by atoms with van der Waals surface area (Å²) in [5, 5.41) is 6.55. The number of nitrogens with zero attached hydrogens (tertiary/aromatic N) is 2. The van der Waals surface area contributed by atoms with Gasteiger partial charge in [-0.25, -0.2) is 19.6 Å². The number of ether oxygens (including phenoxy) is 2. The molecule has 2 N–H and O–H groups in total. The van der Waals surface area contributed by atoms with Gasteiger partial charge in [0.1, 0.15) is 34.0 Å². The number of cyclic esters (lactones) is 2. The van der Waals surface area contributed by atoms with Crippen LogP contribution in [0.1, 0.15) is 70.7 Å². The van der Waals surface area contributed by atoms with Crippen LogP contribution in [0, 0.1) is 0 Å². The van der Waals surface area contributed by atoms with E-state index in [1.54, 1.807) is 12.4 Å². The molecule has 0 saturated heterocycles. The van der Waals surface area contributed by atoms with E-state index < -0.39 is 11.2 Å². The molecule has 0 atom stereocenters. The fourth-order valence-corrected chi connectivity index (χ4v) is 4.50. The molecule has 2 aromatic heterocycles. The number of aromatic nitrogens is 2. The third-order valence-electron chi connectivity index (χ3n) is 6.21. The second-order valence-electron chi connectivity index (χ2n) is 9.49. The first-order chi connectivity index (χ1) is 16.2. The molecule has 174 valence electrons. The Morgan fingerprint density at radius 3 is 1.62 bits per heavy atom. The van der Waals surface area contributed by atoms with Crippen molar-refractivity contribution in [2.45, 2.75) is 52.0 Å². The summed E-state index contributed by atoms with van der Waals surface area (Å²) >= 11 is 0. The third kappa shape index (κ3) is 3.75. The minimum absolute atomic E-state index is 0.363. The van der Waals surface area contributed by atoms with Crippen LogP contribution in [0.5, 0.6) is 0 Å². The molecule has 0 fully saturated rings. The summed E-state index contributed by atoms with van der Waals surface area (Å²) in [5.74, 6) is 0.305. The van der Waals surface area contributed by atoms with Gasteiger partial charge in [-0.2, -0.15) is 0 Å². The van der Waals surface area contributed by atoms with Crippen molar-refractivity contribution >= 4 is 23.6 Å². The van der Waals surface area contributed by atoms with Crippen molar-refractivity contribution in [1.82, 2.24) is 9.97 Å². The topological polar surface area (TPSA) is 102 Å². The Hall–Kier alpha value is -3.94. The van der Waals surface area contributed by atoms with Gasteiger partial charge < -0.3 is 20.1 Å². The number of anilines is 2. The molecule has 8 nitrogen and oxygen atoms in total. The number of carbonyl (C=O) groups excluding carboxylic acids is 2. The molecule has 0 unspecified atom stereocenters. The van der Waals surface area contributed by atoms with E-state index in [2.05, 4.69) is 26.7 Å². The van der Waals surface area contributed by atoms with Crippen molar-refractivity contribution in [3.05, 3.63) is 82.2 Å². The highest BCUT2D eigenvalue weighted by Crippen LogP contribution is 2.39. The van der Waals surface area contributed by atoms with Crippen LogP contribution in [0.3, 0.4) is 0 Å². The Balaban J connectivity index is 1.30. The van der Waals surface area contributed by atoms with E-state index in [1.807, 2.05) is 58.0 Å². The molecule has 8 heteroatoms.